The van der Waals surface area contributed by atoms with Crippen molar-refractivity contribution in [3.63, 3.8) is 0 Å². The van der Waals surface area contributed by atoms with Crippen molar-refractivity contribution in [2.24, 2.45) is 0 Å². The van der Waals surface area contributed by atoms with Gasteiger partial charge < -0.3 is 4.42 Å². The Kier molecular flexibility index (Phi) is 3.80. The molecule has 0 aliphatic rings. The van der Waals surface area contributed by atoms with Crippen LogP contribution in [0, 0.1) is 0 Å². The van der Waals surface area contributed by atoms with Crippen LogP contribution >= 0.6 is 0 Å². The summed E-state index contributed by atoms with van der Waals surface area (Å²) in [6, 6.07) is 31.8. The molecule has 0 N–H and O–H groups in total. The Balaban J connectivity index is 1.50. The zero-order valence-electron chi connectivity index (χ0n) is 30.8. The molecule has 0 bridgehead atoms. The second-order valence-electron chi connectivity index (χ2n) is 10.6. The average molecular weight is 555 g/mol. The van der Waals surface area contributed by atoms with Gasteiger partial charge in [-0.3, -0.25) is 0 Å². The van der Waals surface area contributed by atoms with Gasteiger partial charge >= 0.3 is 0 Å². The molecule has 0 aliphatic carbocycles. The van der Waals surface area contributed by atoms with Crippen LogP contribution in [0.4, 0.5) is 0 Å². The topological polar surface area (TPSA) is 13.1 Å². The number of benzene rings is 8. The van der Waals surface area contributed by atoms with E-state index < -0.39 is 24.2 Å². The third-order valence-corrected chi connectivity index (χ3v) is 8.31. The van der Waals surface area contributed by atoms with Gasteiger partial charge in [0.1, 0.15) is 11.2 Å². The van der Waals surface area contributed by atoms with Crippen molar-refractivity contribution in [1.29, 1.82) is 0 Å². The van der Waals surface area contributed by atoms with Crippen LogP contribution in [0.15, 0.2) is 162 Å². The molecule has 0 saturated carbocycles. The lowest BCUT2D eigenvalue weighted by atomic mass is 9.85. The highest BCUT2D eigenvalue weighted by molar-refractivity contribution is 6.25. The van der Waals surface area contributed by atoms with Gasteiger partial charge in [-0.25, -0.2) is 0 Å². The van der Waals surface area contributed by atoms with E-state index in [1.54, 1.807) is 6.07 Å². The lowest BCUT2D eigenvalue weighted by Gasteiger charge is -2.18. The Morgan fingerprint density at radius 1 is 0.372 bits per heavy atom. The third-order valence-electron chi connectivity index (χ3n) is 8.31. The quantitative estimate of drug-likeness (QED) is 0.198. The second kappa shape index (κ2) is 9.44. The second-order valence-corrected chi connectivity index (χ2v) is 10.6. The van der Waals surface area contributed by atoms with Crippen LogP contribution < -0.4 is 0 Å². The number of fused-ring (bicyclic) bond motifs is 7. The molecule has 0 fully saturated rings. The standard InChI is InChI=1S/C42H26O/c1-2-11-27(12-3-1)28-21-23-30(24-22-28)39-32-15-6-8-17-34(32)40(35-18-9-7-16-33(35)39)38-20-10-19-36-37-26-25-29-13-4-5-14-31(29)41(37)43-42(36)38/h1-26H/i6D,7D,8D,9D,15D,16D,17D,18D. The number of hydrogen-bond acceptors (Lipinski definition) is 1. The van der Waals surface area contributed by atoms with Crippen molar-refractivity contribution in [2.45, 2.75) is 0 Å². The minimum atomic E-state index is -0.443. The molecule has 1 heterocycles. The van der Waals surface area contributed by atoms with Gasteiger partial charge in [-0.15, -0.1) is 0 Å². The lowest BCUT2D eigenvalue weighted by Crippen LogP contribution is -1.91. The Bertz CT molecular complexity index is 2850. The first-order valence-electron chi connectivity index (χ1n) is 18.1. The van der Waals surface area contributed by atoms with E-state index in [0.717, 1.165) is 32.7 Å². The monoisotopic (exact) mass is 554 g/mol. The summed E-state index contributed by atoms with van der Waals surface area (Å²) in [7, 11) is 0. The molecule has 0 unspecified atom stereocenters. The van der Waals surface area contributed by atoms with E-state index in [1.165, 1.54) is 0 Å². The molecule has 1 nitrogen and oxygen atoms in total. The molecule has 0 aliphatic heterocycles. The summed E-state index contributed by atoms with van der Waals surface area (Å²) < 4.78 is 78.9. The summed E-state index contributed by atoms with van der Waals surface area (Å²) in [5.74, 6) is 0. The number of hydrogen-bond donors (Lipinski definition) is 0. The molecular weight excluding hydrogens is 520 g/mol. The summed E-state index contributed by atoms with van der Waals surface area (Å²) in [4.78, 5) is 0. The van der Waals surface area contributed by atoms with E-state index in [-0.39, 0.29) is 51.3 Å². The molecule has 0 spiro atoms. The fourth-order valence-corrected chi connectivity index (χ4v) is 6.37. The molecule has 0 atom stereocenters. The Morgan fingerprint density at radius 3 is 1.65 bits per heavy atom. The van der Waals surface area contributed by atoms with Gasteiger partial charge in [0, 0.05) is 27.3 Å². The van der Waals surface area contributed by atoms with Crippen molar-refractivity contribution >= 4 is 54.3 Å². The van der Waals surface area contributed by atoms with Crippen LogP contribution in [0.25, 0.3) is 87.6 Å². The highest BCUT2D eigenvalue weighted by Crippen LogP contribution is 2.47. The number of rotatable bonds is 3. The molecule has 0 amide bonds. The minimum Gasteiger partial charge on any atom is -0.455 e. The van der Waals surface area contributed by atoms with Crippen LogP contribution in [0.1, 0.15) is 11.0 Å². The highest BCUT2D eigenvalue weighted by atomic mass is 16.3. The van der Waals surface area contributed by atoms with Gasteiger partial charge in [-0.2, -0.15) is 0 Å². The van der Waals surface area contributed by atoms with Gasteiger partial charge in [0.05, 0.1) is 11.0 Å². The van der Waals surface area contributed by atoms with Crippen molar-refractivity contribution in [3.8, 4) is 33.4 Å². The summed E-state index contributed by atoms with van der Waals surface area (Å²) >= 11 is 0. The summed E-state index contributed by atoms with van der Waals surface area (Å²) in [6.45, 7) is 0. The number of para-hydroxylation sites is 1. The van der Waals surface area contributed by atoms with Crippen LogP contribution in [0.3, 0.4) is 0 Å². The molecule has 1 aromatic heterocycles. The van der Waals surface area contributed by atoms with E-state index in [4.69, 9.17) is 9.90 Å². The van der Waals surface area contributed by atoms with Gasteiger partial charge in [0.15, 0.2) is 0 Å². The molecule has 0 saturated heterocycles. The number of furan rings is 1. The SMILES string of the molecule is [2H]c1c([2H])c([2H])c2c(-c3cccc4c3oc3c5ccccc5ccc43)c3c([2H])c([2H])c([2H])c([2H])c3c(-c3ccc(-c4ccccc4)cc3)c2c1[2H]. The van der Waals surface area contributed by atoms with E-state index in [9.17, 15) is 5.48 Å². The van der Waals surface area contributed by atoms with Crippen molar-refractivity contribution in [3.05, 3.63) is 158 Å². The van der Waals surface area contributed by atoms with Crippen molar-refractivity contribution in [2.75, 3.05) is 0 Å². The van der Waals surface area contributed by atoms with Gasteiger partial charge in [-0.1, -0.05) is 151 Å². The predicted octanol–water partition coefficient (Wildman–Crippen LogP) is 12.0. The molecule has 43 heavy (non-hydrogen) atoms. The Labute approximate surface area is 260 Å². The van der Waals surface area contributed by atoms with Crippen LogP contribution in [-0.2, 0) is 0 Å². The zero-order valence-corrected chi connectivity index (χ0v) is 22.8. The lowest BCUT2D eigenvalue weighted by molar-refractivity contribution is 0.674. The molecule has 200 valence electrons. The molecule has 9 aromatic rings. The molecule has 8 aromatic carbocycles. The normalized spacial score (nSPS) is 14.3. The van der Waals surface area contributed by atoms with E-state index in [0.29, 0.717) is 27.9 Å². The fraction of sp³-hybridized carbons (Fsp3) is 0. The van der Waals surface area contributed by atoms with E-state index in [1.807, 2.05) is 103 Å². The molecule has 0 radical (unpaired) electrons. The maximum absolute atomic E-state index is 9.33. The Morgan fingerprint density at radius 2 is 0.930 bits per heavy atom. The van der Waals surface area contributed by atoms with Gasteiger partial charge in [0.25, 0.3) is 0 Å². The fourth-order valence-electron chi connectivity index (χ4n) is 6.37. The maximum atomic E-state index is 9.33. The molecular formula is C42H26O. The largest absolute Gasteiger partial charge is 0.455 e. The summed E-state index contributed by atoms with van der Waals surface area (Å²) in [5, 5.41) is 4.17. The van der Waals surface area contributed by atoms with Crippen molar-refractivity contribution in [1.82, 2.24) is 0 Å². The Hall–Kier alpha value is -5.66. The minimum absolute atomic E-state index is 0.151. The molecule has 9 rings (SSSR count). The van der Waals surface area contributed by atoms with Gasteiger partial charge in [-0.05, 0) is 55.3 Å². The smallest absolute Gasteiger partial charge is 0.143 e. The van der Waals surface area contributed by atoms with Gasteiger partial charge in [0.2, 0.25) is 0 Å². The predicted molar refractivity (Wildman–Crippen MR) is 183 cm³/mol. The summed E-state index contributed by atoms with van der Waals surface area (Å²) in [5.41, 5.74) is 4.61. The first-order valence-corrected chi connectivity index (χ1v) is 14.1. The maximum Gasteiger partial charge on any atom is 0.143 e. The third kappa shape index (κ3) is 3.65. The van der Waals surface area contributed by atoms with Crippen LogP contribution in [0.5, 0.6) is 0 Å². The van der Waals surface area contributed by atoms with Crippen molar-refractivity contribution < 1.29 is 15.4 Å². The first kappa shape index (κ1) is 17.3. The average Bonchev–Trinajstić information content (AvgIpc) is 3.56. The van der Waals surface area contributed by atoms with E-state index >= 15 is 0 Å². The van der Waals surface area contributed by atoms with E-state index in [2.05, 4.69) is 0 Å². The van der Waals surface area contributed by atoms with Crippen LogP contribution in [0.2, 0.25) is 0 Å². The zero-order chi connectivity index (χ0) is 35.3. The van der Waals surface area contributed by atoms with Crippen LogP contribution in [-0.4, -0.2) is 0 Å². The summed E-state index contributed by atoms with van der Waals surface area (Å²) in [6.07, 6.45) is 0. The molecule has 1 heteroatoms. The highest BCUT2D eigenvalue weighted by Gasteiger charge is 2.20. The first-order chi connectivity index (χ1) is 24.7.